The van der Waals surface area contributed by atoms with Crippen LogP contribution in [0.15, 0.2) is 47.4 Å². The molecular weight excluding hydrogens is 321 g/mol. The van der Waals surface area contributed by atoms with Gasteiger partial charge in [-0.05, 0) is 31.2 Å². The molecule has 0 aliphatic rings. The Bertz CT molecular complexity index is 760. The number of hydrogen-bond acceptors (Lipinski definition) is 4. The number of nitrogens with one attached hydrogen (secondary N) is 1. The average molecular weight is 339 g/mol. The fourth-order valence-corrected chi connectivity index (χ4v) is 2.95. The molecule has 0 bridgehead atoms. The third-order valence-corrected chi connectivity index (χ3v) is 4.45. The van der Waals surface area contributed by atoms with Crippen LogP contribution in [0, 0.1) is 12.7 Å². The molecule has 0 aliphatic carbocycles. The van der Waals surface area contributed by atoms with E-state index in [4.69, 9.17) is 9.47 Å². The number of aryl methyl sites for hydroxylation is 1. The molecule has 7 heteroatoms. The molecule has 124 valence electrons. The topological polar surface area (TPSA) is 64.6 Å². The summed E-state index contributed by atoms with van der Waals surface area (Å²) in [5.41, 5.74) is 0.711. The van der Waals surface area contributed by atoms with E-state index in [-0.39, 0.29) is 22.9 Å². The maximum atomic E-state index is 14.0. The maximum Gasteiger partial charge on any atom is 0.262 e. The van der Waals surface area contributed by atoms with Crippen molar-refractivity contribution >= 4 is 15.7 Å². The van der Waals surface area contributed by atoms with Crippen molar-refractivity contribution in [3.63, 3.8) is 0 Å². The highest BCUT2D eigenvalue weighted by molar-refractivity contribution is 7.92. The number of para-hydroxylation sites is 1. The molecule has 0 fully saturated rings. The predicted octanol–water partition coefficient (Wildman–Crippen LogP) is 2.96. The molecule has 0 heterocycles. The van der Waals surface area contributed by atoms with Gasteiger partial charge in [-0.15, -0.1) is 0 Å². The molecule has 0 aliphatic heterocycles. The van der Waals surface area contributed by atoms with Crippen LogP contribution >= 0.6 is 0 Å². The summed E-state index contributed by atoms with van der Waals surface area (Å²) in [7, 11) is -2.40. The minimum atomic E-state index is -3.91. The Morgan fingerprint density at radius 1 is 1.09 bits per heavy atom. The zero-order valence-electron chi connectivity index (χ0n) is 12.9. The molecule has 0 spiro atoms. The first-order valence-electron chi connectivity index (χ1n) is 6.94. The summed E-state index contributed by atoms with van der Waals surface area (Å²) >= 11 is 0. The zero-order valence-corrected chi connectivity index (χ0v) is 13.7. The summed E-state index contributed by atoms with van der Waals surface area (Å²) in [5.74, 6) is -0.603. The largest absolute Gasteiger partial charge is 0.489 e. The first-order chi connectivity index (χ1) is 10.9. The van der Waals surface area contributed by atoms with Crippen LogP contribution in [0.4, 0.5) is 10.1 Å². The second kappa shape index (κ2) is 7.43. The Morgan fingerprint density at radius 3 is 2.43 bits per heavy atom. The quantitative estimate of drug-likeness (QED) is 0.788. The molecule has 0 radical (unpaired) electrons. The second-order valence-corrected chi connectivity index (χ2v) is 6.56. The highest BCUT2D eigenvalue weighted by atomic mass is 32.2. The van der Waals surface area contributed by atoms with Crippen molar-refractivity contribution in [3.8, 4) is 5.75 Å². The van der Waals surface area contributed by atoms with Gasteiger partial charge in [0.15, 0.2) is 5.82 Å². The van der Waals surface area contributed by atoms with Gasteiger partial charge in [0.1, 0.15) is 18.0 Å². The van der Waals surface area contributed by atoms with Gasteiger partial charge in [-0.2, -0.15) is 0 Å². The fraction of sp³-hybridized carbons (Fsp3) is 0.250. The zero-order chi connectivity index (χ0) is 16.9. The fourth-order valence-electron chi connectivity index (χ4n) is 1.87. The van der Waals surface area contributed by atoms with Crippen LogP contribution in [0.5, 0.6) is 5.75 Å². The standard InChI is InChI=1S/C16H18FNO4S/c1-12-6-8-13(9-7-12)23(19,20)18-16-14(17)4-3-5-15(16)22-11-10-21-2/h3-9,18H,10-11H2,1-2H3. The Labute approximate surface area is 135 Å². The van der Waals surface area contributed by atoms with Crippen LogP contribution in [-0.4, -0.2) is 28.7 Å². The molecular formula is C16H18FNO4S. The van der Waals surface area contributed by atoms with Crippen LogP contribution in [0.1, 0.15) is 5.56 Å². The number of rotatable bonds is 7. The predicted molar refractivity (Wildman–Crippen MR) is 85.8 cm³/mol. The number of sulfonamides is 1. The molecule has 0 amide bonds. The van der Waals surface area contributed by atoms with Crippen molar-refractivity contribution < 1.29 is 22.3 Å². The van der Waals surface area contributed by atoms with E-state index in [1.807, 2.05) is 6.92 Å². The molecule has 5 nitrogen and oxygen atoms in total. The molecule has 2 aromatic carbocycles. The van der Waals surface area contributed by atoms with Crippen LogP contribution in [-0.2, 0) is 14.8 Å². The lowest BCUT2D eigenvalue weighted by atomic mass is 10.2. The lowest BCUT2D eigenvalue weighted by Gasteiger charge is -2.14. The van der Waals surface area contributed by atoms with Gasteiger partial charge in [0, 0.05) is 7.11 Å². The highest BCUT2D eigenvalue weighted by Gasteiger charge is 2.19. The Balaban J connectivity index is 2.29. The summed E-state index contributed by atoms with van der Waals surface area (Å²) < 4.78 is 51.3. The van der Waals surface area contributed by atoms with Gasteiger partial charge in [0.25, 0.3) is 10.0 Å². The summed E-state index contributed by atoms with van der Waals surface area (Å²) in [4.78, 5) is 0.0502. The minimum Gasteiger partial charge on any atom is -0.489 e. The molecule has 0 atom stereocenters. The lowest BCUT2D eigenvalue weighted by molar-refractivity contribution is 0.146. The van der Waals surface area contributed by atoms with Gasteiger partial charge in [-0.25, -0.2) is 12.8 Å². The SMILES string of the molecule is COCCOc1cccc(F)c1NS(=O)(=O)c1ccc(C)cc1. The van der Waals surface area contributed by atoms with E-state index in [1.54, 1.807) is 12.1 Å². The number of ether oxygens (including phenoxy) is 2. The first kappa shape index (κ1) is 17.2. The van der Waals surface area contributed by atoms with Crippen LogP contribution in [0.3, 0.4) is 0 Å². The van der Waals surface area contributed by atoms with Crippen LogP contribution in [0.2, 0.25) is 0 Å². The van der Waals surface area contributed by atoms with Gasteiger partial charge in [0.2, 0.25) is 0 Å². The molecule has 2 rings (SSSR count). The van der Waals surface area contributed by atoms with Crippen LogP contribution in [0.25, 0.3) is 0 Å². The van der Waals surface area contributed by atoms with Crippen molar-refractivity contribution in [2.75, 3.05) is 25.0 Å². The third-order valence-electron chi connectivity index (χ3n) is 3.09. The second-order valence-electron chi connectivity index (χ2n) is 4.87. The molecule has 1 N–H and O–H groups in total. The highest BCUT2D eigenvalue weighted by Crippen LogP contribution is 2.29. The van der Waals surface area contributed by atoms with E-state index >= 15 is 0 Å². The Kier molecular flexibility index (Phi) is 5.57. The van der Waals surface area contributed by atoms with Gasteiger partial charge in [-0.3, -0.25) is 4.72 Å². The van der Waals surface area contributed by atoms with Crippen molar-refractivity contribution in [2.45, 2.75) is 11.8 Å². The van der Waals surface area contributed by atoms with Crippen molar-refractivity contribution in [1.82, 2.24) is 0 Å². The molecule has 0 aromatic heterocycles. The number of methoxy groups -OCH3 is 1. The Hall–Kier alpha value is -2.12. The number of hydrogen-bond donors (Lipinski definition) is 1. The summed E-state index contributed by atoms with van der Waals surface area (Å²) in [5, 5.41) is 0. The average Bonchev–Trinajstić information content (AvgIpc) is 2.51. The van der Waals surface area contributed by atoms with Crippen LogP contribution < -0.4 is 9.46 Å². The lowest BCUT2D eigenvalue weighted by Crippen LogP contribution is -2.15. The van der Waals surface area contributed by atoms with E-state index in [0.29, 0.717) is 6.61 Å². The molecule has 0 saturated heterocycles. The molecule has 2 aromatic rings. The van der Waals surface area contributed by atoms with Gasteiger partial charge < -0.3 is 9.47 Å². The monoisotopic (exact) mass is 339 g/mol. The molecule has 0 unspecified atom stereocenters. The van der Waals surface area contributed by atoms with Gasteiger partial charge in [-0.1, -0.05) is 23.8 Å². The Morgan fingerprint density at radius 2 is 1.78 bits per heavy atom. The van der Waals surface area contributed by atoms with Gasteiger partial charge >= 0.3 is 0 Å². The normalized spacial score (nSPS) is 11.3. The minimum absolute atomic E-state index is 0.0502. The van der Waals surface area contributed by atoms with E-state index in [1.165, 1.54) is 31.4 Å². The van der Waals surface area contributed by atoms with E-state index in [9.17, 15) is 12.8 Å². The summed E-state index contributed by atoms with van der Waals surface area (Å²) in [6.07, 6.45) is 0. The van der Waals surface area contributed by atoms with Gasteiger partial charge in [0.05, 0.1) is 11.5 Å². The van der Waals surface area contributed by atoms with Crippen molar-refractivity contribution in [2.24, 2.45) is 0 Å². The number of anilines is 1. The third kappa shape index (κ3) is 4.43. The smallest absolute Gasteiger partial charge is 0.262 e. The summed E-state index contributed by atoms with van der Waals surface area (Å²) in [6.45, 7) is 2.34. The summed E-state index contributed by atoms with van der Waals surface area (Å²) in [6, 6.07) is 10.4. The van der Waals surface area contributed by atoms with E-state index in [0.717, 1.165) is 11.6 Å². The van der Waals surface area contributed by atoms with Crippen molar-refractivity contribution in [1.29, 1.82) is 0 Å². The maximum absolute atomic E-state index is 14.0. The van der Waals surface area contributed by atoms with E-state index < -0.39 is 15.8 Å². The number of benzene rings is 2. The first-order valence-corrected chi connectivity index (χ1v) is 8.42. The molecule has 0 saturated carbocycles. The van der Waals surface area contributed by atoms with E-state index in [2.05, 4.69) is 4.72 Å². The van der Waals surface area contributed by atoms with Crippen molar-refractivity contribution in [3.05, 3.63) is 53.8 Å². The number of halogens is 1. The molecule has 23 heavy (non-hydrogen) atoms.